The number of hydrogen-bond acceptors (Lipinski definition) is 18. The van der Waals surface area contributed by atoms with Gasteiger partial charge in [0.15, 0.2) is 17.9 Å². The highest BCUT2D eigenvalue weighted by Gasteiger charge is 2.52. The van der Waals surface area contributed by atoms with Crippen molar-refractivity contribution in [2.75, 3.05) is 44.8 Å². The molecule has 1 N–H and O–H groups in total. The van der Waals surface area contributed by atoms with E-state index in [0.29, 0.717) is 31.2 Å². The number of hydrogen-bond donors (Lipinski definition) is 1. The van der Waals surface area contributed by atoms with Gasteiger partial charge < -0.3 is 19.5 Å². The van der Waals surface area contributed by atoms with Gasteiger partial charge in [-0.1, -0.05) is 0 Å². The molecule has 1 fully saturated rings. The molecule has 0 bridgehead atoms. The minimum Gasteiger partial charge on any atom is -0.462 e. The van der Waals surface area contributed by atoms with E-state index < -0.39 is 95.2 Å². The molecule has 1 aliphatic heterocycles. The molecule has 22 heteroatoms. The van der Waals surface area contributed by atoms with Gasteiger partial charge in [-0.05, 0) is 13.8 Å². The smallest absolute Gasteiger partial charge is 0.347 e. The Labute approximate surface area is 232 Å². The SMILES string of the molecule is CCOC(=O)C(=CN[C@@H]1O[C@H](COS(C)(=O)=O)[C@@H](OS(C)(=O)=O)[C@H](OS(C)(=O)=O)[C@@H]1OS(C)(=O)=O)C(=O)OCC. The third-order valence-electron chi connectivity index (χ3n) is 4.32. The molecule has 0 unspecified atom stereocenters. The second-order valence-electron chi connectivity index (χ2n) is 8.04. The lowest BCUT2D eigenvalue weighted by Crippen LogP contribution is -2.65. The van der Waals surface area contributed by atoms with Crippen LogP contribution in [0.4, 0.5) is 0 Å². The Hall–Kier alpha value is -1.92. The van der Waals surface area contributed by atoms with Crippen LogP contribution in [0.25, 0.3) is 0 Å². The van der Waals surface area contributed by atoms with Crippen LogP contribution in [-0.2, 0) is 81.0 Å². The van der Waals surface area contributed by atoms with Crippen molar-refractivity contribution < 1.29 is 74.2 Å². The number of carbonyl (C=O) groups excluding carboxylic acids is 2. The maximum atomic E-state index is 12.3. The van der Waals surface area contributed by atoms with Gasteiger partial charge >= 0.3 is 11.9 Å². The number of rotatable bonds is 15. The number of esters is 2. The molecule has 0 spiro atoms. The molecule has 18 nitrogen and oxygen atoms in total. The molecule has 0 aromatic rings. The highest BCUT2D eigenvalue weighted by molar-refractivity contribution is 7.86. The summed E-state index contributed by atoms with van der Waals surface area (Å²) in [5, 5.41) is 2.34. The molecule has 1 saturated heterocycles. The fourth-order valence-electron chi connectivity index (χ4n) is 3.09. The van der Waals surface area contributed by atoms with E-state index in [1.165, 1.54) is 13.8 Å². The molecule has 0 radical (unpaired) electrons. The average Bonchev–Trinajstić information content (AvgIpc) is 2.73. The van der Waals surface area contributed by atoms with Crippen LogP contribution >= 0.6 is 0 Å². The van der Waals surface area contributed by atoms with Crippen LogP contribution in [-0.4, -0.2) is 121 Å². The molecule has 1 rings (SSSR count). The van der Waals surface area contributed by atoms with Crippen molar-refractivity contribution in [1.82, 2.24) is 5.32 Å². The summed E-state index contributed by atoms with van der Waals surface area (Å²) in [6, 6.07) is 0. The van der Waals surface area contributed by atoms with E-state index in [1.807, 2.05) is 0 Å². The summed E-state index contributed by atoms with van der Waals surface area (Å²) in [6.07, 6.45) is -6.99. The Balaban J connectivity index is 3.77. The summed E-state index contributed by atoms with van der Waals surface area (Å²) in [4.78, 5) is 24.6. The molecule has 1 aliphatic rings. The van der Waals surface area contributed by atoms with Gasteiger partial charge in [-0.2, -0.15) is 33.7 Å². The zero-order chi connectivity index (χ0) is 31.1. The Morgan fingerprint density at radius 2 is 1.12 bits per heavy atom. The lowest BCUT2D eigenvalue weighted by atomic mass is 9.98. The molecule has 0 aromatic carbocycles. The summed E-state index contributed by atoms with van der Waals surface area (Å²) in [5.74, 6) is -2.35. The average molecular weight is 662 g/mol. The maximum absolute atomic E-state index is 12.3. The number of nitrogens with one attached hydrogen (secondary N) is 1. The minimum atomic E-state index is -4.52. The van der Waals surface area contributed by atoms with E-state index >= 15 is 0 Å². The van der Waals surface area contributed by atoms with Crippen LogP contribution in [0, 0.1) is 0 Å². The van der Waals surface area contributed by atoms with Gasteiger partial charge in [0, 0.05) is 6.20 Å². The van der Waals surface area contributed by atoms with Gasteiger partial charge in [0.1, 0.15) is 18.3 Å². The minimum absolute atomic E-state index is 0.158. The molecule has 0 aliphatic carbocycles. The number of ether oxygens (including phenoxy) is 3. The van der Waals surface area contributed by atoms with Crippen molar-refractivity contribution in [1.29, 1.82) is 0 Å². The largest absolute Gasteiger partial charge is 0.462 e. The van der Waals surface area contributed by atoms with Crippen LogP contribution in [0.3, 0.4) is 0 Å². The molecule has 234 valence electrons. The van der Waals surface area contributed by atoms with Gasteiger partial charge in [-0.3, -0.25) is 16.7 Å². The summed E-state index contributed by atoms with van der Waals surface area (Å²) in [6.45, 7) is 1.58. The first-order valence-corrected chi connectivity index (χ1v) is 18.3. The fourth-order valence-corrected chi connectivity index (χ4v) is 5.35. The fraction of sp³-hybridized carbons (Fsp3) is 0.778. The van der Waals surface area contributed by atoms with Gasteiger partial charge in [0.2, 0.25) is 0 Å². The van der Waals surface area contributed by atoms with Crippen LogP contribution in [0.15, 0.2) is 11.8 Å². The first-order valence-electron chi connectivity index (χ1n) is 11.0. The van der Waals surface area contributed by atoms with Crippen LogP contribution < -0.4 is 5.32 Å². The molecule has 5 atom stereocenters. The molecule has 0 saturated carbocycles. The zero-order valence-electron chi connectivity index (χ0n) is 22.2. The number of carbonyl (C=O) groups is 2. The second-order valence-corrected chi connectivity index (χ2v) is 14.5. The van der Waals surface area contributed by atoms with E-state index in [9.17, 15) is 43.3 Å². The van der Waals surface area contributed by atoms with Crippen molar-refractivity contribution in [2.24, 2.45) is 0 Å². The lowest BCUT2D eigenvalue weighted by molar-refractivity contribution is -0.209. The molecular formula is C18H31NO17S4. The van der Waals surface area contributed by atoms with Crippen molar-refractivity contribution in [2.45, 2.75) is 44.5 Å². The third-order valence-corrected chi connectivity index (χ3v) is 6.60. The predicted molar refractivity (Wildman–Crippen MR) is 133 cm³/mol. The van der Waals surface area contributed by atoms with Crippen LogP contribution in [0.2, 0.25) is 0 Å². The van der Waals surface area contributed by atoms with E-state index in [4.69, 9.17) is 26.8 Å². The first-order chi connectivity index (χ1) is 18.1. The summed E-state index contributed by atoms with van der Waals surface area (Å²) in [5.41, 5.74) is -0.746. The van der Waals surface area contributed by atoms with Gasteiger partial charge in [-0.15, -0.1) is 0 Å². The van der Waals surface area contributed by atoms with E-state index in [1.54, 1.807) is 0 Å². The Bertz CT molecular complexity index is 1350. The summed E-state index contributed by atoms with van der Waals surface area (Å²) < 4.78 is 130. The quantitative estimate of drug-likeness (QED) is 0.0617. The van der Waals surface area contributed by atoms with Gasteiger partial charge in [-0.25, -0.2) is 9.59 Å². The summed E-state index contributed by atoms with van der Waals surface area (Å²) >= 11 is 0. The van der Waals surface area contributed by atoms with Gasteiger partial charge in [0.25, 0.3) is 40.5 Å². The highest BCUT2D eigenvalue weighted by atomic mass is 32.2. The van der Waals surface area contributed by atoms with Crippen LogP contribution in [0.5, 0.6) is 0 Å². The molecule has 0 aromatic heterocycles. The topological polar surface area (TPSA) is 247 Å². The normalized spacial score (nSPS) is 24.1. The van der Waals surface area contributed by atoms with Crippen molar-refractivity contribution >= 4 is 52.4 Å². The third kappa shape index (κ3) is 13.2. The Morgan fingerprint density at radius 3 is 1.52 bits per heavy atom. The lowest BCUT2D eigenvalue weighted by Gasteiger charge is -2.44. The Kier molecular flexibility index (Phi) is 12.9. The van der Waals surface area contributed by atoms with Crippen molar-refractivity contribution in [3.05, 3.63) is 11.8 Å². The highest BCUT2D eigenvalue weighted by Crippen LogP contribution is 2.30. The van der Waals surface area contributed by atoms with E-state index in [2.05, 4.69) is 9.50 Å². The molecule has 40 heavy (non-hydrogen) atoms. The Morgan fingerprint density at radius 1 is 0.700 bits per heavy atom. The summed E-state index contributed by atoms with van der Waals surface area (Å²) in [7, 11) is -17.7. The standard InChI is InChI=1S/C18H31NO17S4/c1-7-30-17(20)11(18(21)31-8-2)9-19-16-15(36-40(6,28)29)14(35-39(5,26)27)13(34-38(4,24)25)12(33-16)10-32-37(3,22)23/h9,12-16,19H,7-8,10H2,1-6H3/t12-,13-,14+,15+,16-/m1/s1. The van der Waals surface area contributed by atoms with E-state index in [0.717, 1.165) is 0 Å². The first kappa shape index (κ1) is 36.1. The molecular weight excluding hydrogens is 630 g/mol. The van der Waals surface area contributed by atoms with Crippen molar-refractivity contribution in [3.8, 4) is 0 Å². The molecule has 1 heterocycles. The second kappa shape index (κ2) is 14.3. The van der Waals surface area contributed by atoms with Crippen LogP contribution in [0.1, 0.15) is 13.8 Å². The van der Waals surface area contributed by atoms with Gasteiger partial charge in [0.05, 0.1) is 44.8 Å². The van der Waals surface area contributed by atoms with Crippen molar-refractivity contribution in [3.63, 3.8) is 0 Å². The monoisotopic (exact) mass is 661 g/mol. The predicted octanol–water partition coefficient (Wildman–Crippen LogP) is -2.68. The maximum Gasteiger partial charge on any atom is 0.347 e. The van der Waals surface area contributed by atoms with E-state index in [-0.39, 0.29) is 13.2 Å². The molecule has 0 amide bonds. The zero-order valence-corrected chi connectivity index (χ0v) is 25.4.